The molecule has 0 saturated carbocycles. The fraction of sp³-hybridized carbons (Fsp3) is 0.429. The number of aliphatic hydroxyl groups excluding tert-OH is 1. The van der Waals surface area contributed by atoms with Crippen LogP contribution in [0.2, 0.25) is 0 Å². The number of likely N-dealkylation sites (tertiary alicyclic amines) is 1. The molecule has 1 fully saturated rings. The Bertz CT molecular complexity index is 1730. The third-order valence-corrected chi connectivity index (χ3v) is 11.0. The fourth-order valence-electron chi connectivity index (χ4n) is 6.07. The summed E-state index contributed by atoms with van der Waals surface area (Å²) in [6.45, 7) is 10.0. The van der Waals surface area contributed by atoms with E-state index in [1.54, 1.807) is 12.1 Å². The molecule has 3 atom stereocenters. The Hall–Kier alpha value is -4.43. The van der Waals surface area contributed by atoms with Gasteiger partial charge in [-0.2, -0.15) is 5.26 Å². The molecule has 54 heavy (non-hydrogen) atoms. The predicted molar refractivity (Wildman–Crippen MR) is 220 cm³/mol. The number of anilines is 1. The maximum Gasteiger partial charge on any atom is 0.269 e. The minimum Gasteiger partial charge on any atom is -0.400 e. The first-order valence-corrected chi connectivity index (χ1v) is 19.4. The third-order valence-electron chi connectivity index (χ3n) is 8.79. The van der Waals surface area contributed by atoms with Gasteiger partial charge in [-0.25, -0.2) is 4.67 Å². The number of aliphatic hydroxyl groups is 1. The zero-order valence-electron chi connectivity index (χ0n) is 34.3. The number of carbonyl (C=O) groups excluding carboxylic acids is 1. The van der Waals surface area contributed by atoms with Gasteiger partial charge in [0.15, 0.2) is 0 Å². The van der Waals surface area contributed by atoms with Crippen LogP contribution in [-0.4, -0.2) is 85.0 Å². The molecule has 0 aromatic heterocycles. The number of nitro groups is 1. The molecule has 1 heterocycles. The van der Waals surface area contributed by atoms with Crippen LogP contribution in [0.15, 0.2) is 72.8 Å². The standard InChI is InChI=1S/C41H52N5O5P.CH4O/c1-31(2)45(32(3)4)52(50-28-8-26-42)51-40-29-33(5)44(30-40)41(47)9-7-27-43(6)38-22-18-36(19-23-38)16-14-34-10-12-35(13-11-34)15-17-37-20-24-39(25-21-37)46(48)49;1-2/h10-25,31-33,40H,7-9,27-30H2,1-6H3;2H,1H3/b16-14+,17-15+;/t33-,40-,52?;/m1./s1/i5D;2T. The van der Waals surface area contributed by atoms with E-state index >= 15 is 0 Å². The first-order chi connectivity index (χ1) is 26.9. The molecule has 1 aliphatic heterocycles. The van der Waals surface area contributed by atoms with Crippen molar-refractivity contribution in [3.8, 4) is 6.07 Å². The lowest BCUT2D eigenvalue weighted by Crippen LogP contribution is -2.36. The van der Waals surface area contributed by atoms with Crippen molar-refractivity contribution in [2.45, 2.75) is 84.5 Å². The van der Waals surface area contributed by atoms with Gasteiger partial charge >= 0.3 is 0 Å². The Morgan fingerprint density at radius 2 is 1.54 bits per heavy atom. The van der Waals surface area contributed by atoms with Crippen LogP contribution in [0.25, 0.3) is 24.3 Å². The molecule has 3 aromatic carbocycles. The zero-order valence-corrected chi connectivity index (χ0v) is 33.2. The van der Waals surface area contributed by atoms with Gasteiger partial charge in [0.25, 0.3) is 14.2 Å². The maximum absolute atomic E-state index is 13.4. The molecule has 0 aliphatic carbocycles. The monoisotopic (exact) mass is 760 g/mol. The van der Waals surface area contributed by atoms with Gasteiger partial charge in [0.2, 0.25) is 7.34 Å². The minimum absolute atomic E-state index is 0.0510. The molecular formula is C42H56N5O6P. The Morgan fingerprint density at radius 1 is 1.04 bits per heavy atom. The number of nitrogens with zero attached hydrogens (tertiary/aromatic N) is 5. The largest absolute Gasteiger partial charge is 0.400 e. The number of hydrogen-bond acceptors (Lipinski definition) is 9. The molecule has 12 heteroatoms. The van der Waals surface area contributed by atoms with Gasteiger partial charge in [-0.3, -0.25) is 14.9 Å². The fourth-order valence-corrected chi connectivity index (χ4v) is 7.78. The van der Waals surface area contributed by atoms with Crippen LogP contribution in [-0.2, 0) is 13.8 Å². The van der Waals surface area contributed by atoms with Crippen molar-refractivity contribution < 1.29 is 25.2 Å². The highest BCUT2D eigenvalue weighted by Gasteiger charge is 2.37. The van der Waals surface area contributed by atoms with Crippen molar-refractivity contribution in [2.75, 3.05) is 38.8 Å². The van der Waals surface area contributed by atoms with Gasteiger partial charge < -0.3 is 24.0 Å². The van der Waals surface area contributed by atoms with Crippen LogP contribution in [0.4, 0.5) is 11.4 Å². The molecule has 1 saturated heterocycles. The van der Waals surface area contributed by atoms with E-state index in [0.29, 0.717) is 38.8 Å². The molecule has 1 unspecified atom stereocenters. The van der Waals surface area contributed by atoms with Crippen molar-refractivity contribution in [2.24, 2.45) is 0 Å². The summed E-state index contributed by atoms with van der Waals surface area (Å²) in [4.78, 5) is 27.8. The number of nitro benzene ring substituents is 1. The highest BCUT2D eigenvalue weighted by Crippen LogP contribution is 2.48. The van der Waals surface area contributed by atoms with E-state index in [2.05, 4.69) is 97.0 Å². The van der Waals surface area contributed by atoms with E-state index in [1.165, 1.54) is 19.2 Å². The van der Waals surface area contributed by atoms with Crippen molar-refractivity contribution in [3.63, 3.8) is 0 Å². The highest BCUT2D eigenvalue weighted by atomic mass is 31.2. The number of non-ortho nitro benzene ring substituents is 1. The van der Waals surface area contributed by atoms with Gasteiger partial charge in [0, 0.05) is 71.0 Å². The average Bonchev–Trinajstić information content (AvgIpc) is 3.60. The number of carbonyl (C=O) groups is 1. The summed E-state index contributed by atoms with van der Waals surface area (Å²) in [6, 6.07) is 25.3. The van der Waals surface area contributed by atoms with E-state index in [9.17, 15) is 14.9 Å². The molecule has 0 radical (unpaired) electrons. The van der Waals surface area contributed by atoms with E-state index in [0.717, 1.165) is 34.5 Å². The molecule has 11 nitrogen and oxygen atoms in total. The maximum atomic E-state index is 13.4. The van der Waals surface area contributed by atoms with Crippen LogP contribution >= 0.6 is 8.53 Å². The van der Waals surface area contributed by atoms with E-state index < -0.39 is 13.4 Å². The van der Waals surface area contributed by atoms with Crippen LogP contribution in [0, 0.1) is 21.4 Å². The summed E-state index contributed by atoms with van der Waals surface area (Å²) >= 11 is 0. The quantitative estimate of drug-likeness (QED) is 0.0443. The Labute approximate surface area is 325 Å². The van der Waals surface area contributed by atoms with Crippen molar-refractivity contribution in [1.82, 2.24) is 9.57 Å². The lowest BCUT2D eigenvalue weighted by Gasteiger charge is -2.36. The van der Waals surface area contributed by atoms with Crippen molar-refractivity contribution in [1.29, 1.82) is 6.69 Å². The summed E-state index contributed by atoms with van der Waals surface area (Å²) in [5.74, 6) is 0.0510. The summed E-state index contributed by atoms with van der Waals surface area (Å²) in [5.41, 5.74) is 5.23. The molecule has 0 spiro atoms. The number of nitriles is 1. The van der Waals surface area contributed by atoms with Gasteiger partial charge in [-0.15, -0.1) is 0 Å². The molecule has 290 valence electrons. The topological polar surface area (TPSA) is 132 Å². The van der Waals surface area contributed by atoms with Crippen LogP contribution in [0.1, 0.15) is 83.9 Å². The van der Waals surface area contributed by atoms with Gasteiger partial charge in [-0.1, -0.05) is 60.7 Å². The minimum atomic E-state index is -1.41. The predicted octanol–water partition coefficient (Wildman–Crippen LogP) is 9.04. The summed E-state index contributed by atoms with van der Waals surface area (Å²) in [5, 5.41) is 23.4. The van der Waals surface area contributed by atoms with Gasteiger partial charge in [0.05, 0.1) is 30.1 Å². The van der Waals surface area contributed by atoms with E-state index in [1.807, 2.05) is 36.2 Å². The second-order valence-corrected chi connectivity index (χ2v) is 14.9. The summed E-state index contributed by atoms with van der Waals surface area (Å²) in [7, 11) is 1.92. The molecular weight excluding hydrogens is 701 g/mol. The highest BCUT2D eigenvalue weighted by molar-refractivity contribution is 7.44. The van der Waals surface area contributed by atoms with E-state index in [4.69, 9.17) is 17.1 Å². The molecule has 1 amide bonds. The molecule has 3 aromatic rings. The normalized spacial score (nSPS) is 16.7. The number of amides is 1. The van der Waals surface area contributed by atoms with E-state index in [-0.39, 0.29) is 42.7 Å². The smallest absolute Gasteiger partial charge is 0.269 e. The molecule has 4 rings (SSSR count). The molecule has 0 bridgehead atoms. The second kappa shape index (κ2) is 22.7. The van der Waals surface area contributed by atoms with Gasteiger partial charge in [-0.05, 0) is 94.0 Å². The number of rotatable bonds is 18. The van der Waals surface area contributed by atoms with Crippen LogP contribution in [0.5, 0.6) is 0 Å². The van der Waals surface area contributed by atoms with Gasteiger partial charge in [0.1, 0.15) is 0 Å². The number of benzene rings is 3. The average molecular weight is 761 g/mol. The molecule has 1 N–H and O–H groups in total. The SMILES string of the molecule is [2H]C[C@@H]1C[C@@H](OP(OCCC#N)N(C(C)C)C(C)C)CN1C(=O)CCCN(C)c1ccc(/C=C/c2ccc(/C=C/c3ccc([N+](=O)[O-])cc3)cc2)cc1.[3H]OC. The van der Waals surface area contributed by atoms with Crippen molar-refractivity contribution in [3.05, 3.63) is 105 Å². The van der Waals surface area contributed by atoms with Crippen LogP contribution < -0.4 is 4.90 Å². The van der Waals surface area contributed by atoms with Crippen molar-refractivity contribution >= 4 is 50.1 Å². The molecule has 1 aliphatic rings. The lowest BCUT2D eigenvalue weighted by molar-refractivity contribution is -0.384. The first-order valence-electron chi connectivity index (χ1n) is 19.4. The second-order valence-electron chi connectivity index (χ2n) is 13.5. The Kier molecular flexibility index (Phi) is 17.1. The van der Waals surface area contributed by atoms with Crippen LogP contribution in [0.3, 0.4) is 0 Å². The summed E-state index contributed by atoms with van der Waals surface area (Å²) < 4.78 is 28.6. The number of hydrogen-bond donors (Lipinski definition) is 1. The third kappa shape index (κ3) is 13.8. The Balaban J connectivity index is 0.00000271. The Morgan fingerprint density at radius 3 is 2.00 bits per heavy atom. The summed E-state index contributed by atoms with van der Waals surface area (Å²) in [6.07, 6.45) is 9.84. The zero-order chi connectivity index (χ0) is 41.0. The first kappa shape index (κ1) is 40.7. The lowest BCUT2D eigenvalue weighted by atomic mass is 10.1.